The topological polar surface area (TPSA) is 76.8 Å². The minimum atomic E-state index is -0.328. The van der Waals surface area contributed by atoms with Crippen LogP contribution < -0.4 is 11.5 Å². The first-order valence-electron chi connectivity index (χ1n) is 4.21. The second-order valence-corrected chi connectivity index (χ2v) is 4.25. The van der Waals surface area contributed by atoms with E-state index >= 15 is 0 Å². The number of nitrogens with zero attached hydrogens (tertiary/aromatic N) is 2. The molecule has 0 bridgehead atoms. The van der Waals surface area contributed by atoms with E-state index in [1.165, 1.54) is 6.21 Å². The Morgan fingerprint density at radius 1 is 1.44 bits per heavy atom. The zero-order valence-corrected chi connectivity index (χ0v) is 11.3. The van der Waals surface area contributed by atoms with E-state index in [4.69, 9.17) is 11.5 Å². The van der Waals surface area contributed by atoms with Crippen molar-refractivity contribution in [2.75, 3.05) is 0 Å². The number of alkyl halides is 1. The number of rotatable bonds is 3. The Morgan fingerprint density at radius 2 is 2.12 bits per heavy atom. The maximum absolute atomic E-state index is 13.6. The molecule has 4 nitrogen and oxygen atoms in total. The molecule has 0 heterocycles. The molecule has 16 heavy (non-hydrogen) atoms. The summed E-state index contributed by atoms with van der Waals surface area (Å²) in [5.41, 5.74) is 11.3. The van der Waals surface area contributed by atoms with Crippen molar-refractivity contribution in [1.82, 2.24) is 0 Å². The van der Waals surface area contributed by atoms with Crippen molar-refractivity contribution in [3.8, 4) is 0 Å². The normalized spacial score (nSPS) is 10.7. The van der Waals surface area contributed by atoms with E-state index in [0.717, 1.165) is 0 Å². The number of guanidine groups is 1. The molecular weight excluding hydrogens is 343 g/mol. The molecule has 0 aliphatic carbocycles. The van der Waals surface area contributed by atoms with Gasteiger partial charge in [-0.25, -0.2) is 4.39 Å². The maximum atomic E-state index is 13.6. The summed E-state index contributed by atoms with van der Waals surface area (Å²) in [5, 5.41) is 7.45. The Morgan fingerprint density at radius 3 is 2.69 bits per heavy atom. The van der Waals surface area contributed by atoms with Crippen LogP contribution in [0.1, 0.15) is 11.1 Å². The first kappa shape index (κ1) is 13.1. The van der Waals surface area contributed by atoms with Gasteiger partial charge in [0.1, 0.15) is 5.82 Å². The van der Waals surface area contributed by atoms with Crippen molar-refractivity contribution in [2.24, 2.45) is 21.7 Å². The van der Waals surface area contributed by atoms with Crippen LogP contribution in [0.25, 0.3) is 0 Å². The van der Waals surface area contributed by atoms with E-state index in [9.17, 15) is 4.39 Å². The van der Waals surface area contributed by atoms with E-state index in [0.29, 0.717) is 20.9 Å². The van der Waals surface area contributed by atoms with E-state index in [1.807, 2.05) is 0 Å². The van der Waals surface area contributed by atoms with Crippen LogP contribution in [0.4, 0.5) is 4.39 Å². The largest absolute Gasteiger partial charge is 0.369 e. The highest BCUT2D eigenvalue weighted by Gasteiger charge is 2.09. The smallest absolute Gasteiger partial charge is 0.211 e. The highest BCUT2D eigenvalue weighted by atomic mass is 79.9. The van der Waals surface area contributed by atoms with Crippen LogP contribution in [0.2, 0.25) is 0 Å². The minimum absolute atomic E-state index is 0.144. The van der Waals surface area contributed by atoms with E-state index < -0.39 is 0 Å². The van der Waals surface area contributed by atoms with Gasteiger partial charge in [-0.1, -0.05) is 22.0 Å². The average molecular weight is 352 g/mol. The summed E-state index contributed by atoms with van der Waals surface area (Å²) < 4.78 is 14.0. The molecule has 0 aliphatic rings. The van der Waals surface area contributed by atoms with Crippen molar-refractivity contribution in [1.29, 1.82) is 0 Å². The lowest BCUT2D eigenvalue weighted by Gasteiger charge is -2.04. The fraction of sp³-hybridized carbons (Fsp3) is 0.111. The molecule has 0 unspecified atom stereocenters. The third-order valence-corrected chi connectivity index (χ3v) is 2.91. The SMILES string of the molecule is NC(N)=NN=Cc1ccc(Br)c(F)c1CBr. The zero-order chi connectivity index (χ0) is 12.1. The highest BCUT2D eigenvalue weighted by molar-refractivity contribution is 9.10. The number of hydrogen-bond donors (Lipinski definition) is 2. The standard InChI is InChI=1S/C9H9Br2FN4/c10-3-6-5(4-15-16-9(13)14)1-2-7(11)8(6)12/h1-2,4H,3H2,(H4,13,14,16). The first-order chi connectivity index (χ1) is 7.56. The predicted molar refractivity (Wildman–Crippen MR) is 70.1 cm³/mol. The molecule has 0 saturated carbocycles. The molecule has 0 amide bonds. The molecular formula is C9H9Br2FN4. The van der Waals surface area contributed by atoms with Gasteiger partial charge in [-0.3, -0.25) is 0 Å². The van der Waals surface area contributed by atoms with Gasteiger partial charge < -0.3 is 11.5 Å². The second-order valence-electron chi connectivity index (χ2n) is 2.83. The first-order valence-corrected chi connectivity index (χ1v) is 6.12. The van der Waals surface area contributed by atoms with Gasteiger partial charge in [-0.2, -0.15) is 5.10 Å². The molecule has 4 N–H and O–H groups in total. The summed E-state index contributed by atoms with van der Waals surface area (Å²) >= 11 is 6.31. The molecule has 0 aliphatic heterocycles. The Balaban J connectivity index is 3.10. The second kappa shape index (κ2) is 5.95. The monoisotopic (exact) mass is 350 g/mol. The summed E-state index contributed by atoms with van der Waals surface area (Å²) in [4.78, 5) is 0. The number of halogens is 3. The van der Waals surface area contributed by atoms with Gasteiger partial charge in [0.15, 0.2) is 0 Å². The van der Waals surface area contributed by atoms with Crippen LogP contribution in [0.5, 0.6) is 0 Å². The van der Waals surface area contributed by atoms with Crippen molar-refractivity contribution in [2.45, 2.75) is 5.33 Å². The van der Waals surface area contributed by atoms with Crippen LogP contribution in [0, 0.1) is 5.82 Å². The fourth-order valence-electron chi connectivity index (χ4n) is 1.02. The van der Waals surface area contributed by atoms with Gasteiger partial charge in [0, 0.05) is 16.5 Å². The van der Waals surface area contributed by atoms with Crippen LogP contribution in [0.15, 0.2) is 26.8 Å². The van der Waals surface area contributed by atoms with Crippen molar-refractivity contribution in [3.63, 3.8) is 0 Å². The highest BCUT2D eigenvalue weighted by Crippen LogP contribution is 2.23. The summed E-state index contributed by atoms with van der Waals surface area (Å²) in [6.45, 7) is 0. The maximum Gasteiger partial charge on any atom is 0.211 e. The lowest BCUT2D eigenvalue weighted by atomic mass is 10.1. The number of benzene rings is 1. The summed E-state index contributed by atoms with van der Waals surface area (Å²) in [6.07, 6.45) is 1.39. The zero-order valence-electron chi connectivity index (χ0n) is 8.12. The molecule has 0 saturated heterocycles. The number of nitrogens with two attached hydrogens (primary N) is 2. The Hall–Kier alpha value is -0.950. The average Bonchev–Trinajstić information content (AvgIpc) is 2.23. The van der Waals surface area contributed by atoms with Crippen LogP contribution in [0.3, 0.4) is 0 Å². The van der Waals surface area contributed by atoms with Crippen LogP contribution in [-0.4, -0.2) is 12.2 Å². The van der Waals surface area contributed by atoms with Gasteiger partial charge in [0.25, 0.3) is 0 Å². The van der Waals surface area contributed by atoms with Crippen molar-refractivity contribution in [3.05, 3.63) is 33.5 Å². The summed E-state index contributed by atoms with van der Waals surface area (Å²) in [5.74, 6) is -0.472. The van der Waals surface area contributed by atoms with Crippen molar-refractivity contribution < 1.29 is 4.39 Å². The lowest BCUT2D eigenvalue weighted by Crippen LogP contribution is -2.21. The van der Waals surface area contributed by atoms with Gasteiger partial charge >= 0.3 is 0 Å². The molecule has 86 valence electrons. The van der Waals surface area contributed by atoms with Crippen LogP contribution >= 0.6 is 31.9 Å². The molecule has 0 aromatic heterocycles. The predicted octanol–water partition coefficient (Wildman–Crippen LogP) is 2.09. The summed E-state index contributed by atoms with van der Waals surface area (Å²) in [6, 6.07) is 3.31. The molecule has 1 aromatic carbocycles. The molecule has 0 spiro atoms. The Labute approximate surface area is 109 Å². The van der Waals surface area contributed by atoms with Crippen LogP contribution in [-0.2, 0) is 5.33 Å². The molecule has 0 fully saturated rings. The molecule has 7 heteroatoms. The van der Waals surface area contributed by atoms with Gasteiger partial charge in [-0.15, -0.1) is 5.10 Å². The van der Waals surface area contributed by atoms with Gasteiger partial charge in [0.2, 0.25) is 5.96 Å². The molecule has 0 atom stereocenters. The fourth-order valence-corrected chi connectivity index (χ4v) is 1.96. The van der Waals surface area contributed by atoms with Crippen molar-refractivity contribution >= 4 is 44.0 Å². The van der Waals surface area contributed by atoms with E-state index in [1.54, 1.807) is 12.1 Å². The molecule has 1 rings (SSSR count). The van der Waals surface area contributed by atoms with E-state index in [2.05, 4.69) is 42.1 Å². The van der Waals surface area contributed by atoms with Gasteiger partial charge in [0.05, 0.1) is 10.7 Å². The lowest BCUT2D eigenvalue weighted by molar-refractivity contribution is 0.610. The third-order valence-electron chi connectivity index (χ3n) is 1.74. The Kier molecular flexibility index (Phi) is 4.88. The third kappa shape index (κ3) is 3.28. The molecule has 1 aromatic rings. The minimum Gasteiger partial charge on any atom is -0.369 e. The number of hydrogen-bond acceptors (Lipinski definition) is 2. The summed E-state index contributed by atoms with van der Waals surface area (Å²) in [7, 11) is 0. The Bertz CT molecular complexity index is 441. The molecule has 0 radical (unpaired) electrons. The van der Waals surface area contributed by atoms with E-state index in [-0.39, 0.29) is 11.8 Å². The van der Waals surface area contributed by atoms with Gasteiger partial charge in [-0.05, 0) is 22.0 Å². The quantitative estimate of drug-likeness (QED) is 0.378.